The Morgan fingerprint density at radius 2 is 1.42 bits per heavy atom. The van der Waals surface area contributed by atoms with Crippen molar-refractivity contribution in [1.82, 2.24) is 0 Å². The van der Waals surface area contributed by atoms with Crippen molar-refractivity contribution >= 4 is 11.4 Å². The highest BCUT2D eigenvalue weighted by Crippen LogP contribution is 2.33. The Bertz CT molecular complexity index is 830. The summed E-state index contributed by atoms with van der Waals surface area (Å²) in [5, 5.41) is 19.0. The van der Waals surface area contributed by atoms with Crippen LogP contribution in [0.5, 0.6) is 11.5 Å². The van der Waals surface area contributed by atoms with Gasteiger partial charge in [0.25, 0.3) is 0 Å². The quantitative estimate of drug-likeness (QED) is 0.729. The Hall–Kier alpha value is -3.08. The maximum atomic E-state index is 13.8. The first-order valence-corrected chi connectivity index (χ1v) is 7.33. The SMILES string of the molecule is Oc1cccc(N(Cc2ccccc2)c2cc(F)c(O)c(F)c2)c1. The summed E-state index contributed by atoms with van der Waals surface area (Å²) in [6, 6.07) is 17.9. The zero-order valence-electron chi connectivity index (χ0n) is 12.7. The number of aromatic hydroxyl groups is 2. The fourth-order valence-corrected chi connectivity index (χ4v) is 2.47. The van der Waals surface area contributed by atoms with E-state index in [0.29, 0.717) is 12.2 Å². The lowest BCUT2D eigenvalue weighted by Gasteiger charge is -2.25. The lowest BCUT2D eigenvalue weighted by Crippen LogP contribution is -2.17. The largest absolute Gasteiger partial charge is 0.508 e. The average molecular weight is 327 g/mol. The van der Waals surface area contributed by atoms with E-state index in [2.05, 4.69) is 0 Å². The summed E-state index contributed by atoms with van der Waals surface area (Å²) in [5.41, 5.74) is 1.73. The maximum absolute atomic E-state index is 13.8. The highest BCUT2D eigenvalue weighted by atomic mass is 19.1. The van der Waals surface area contributed by atoms with Crippen LogP contribution in [0.4, 0.5) is 20.2 Å². The van der Waals surface area contributed by atoms with Gasteiger partial charge in [-0.3, -0.25) is 0 Å². The minimum atomic E-state index is -1.04. The van der Waals surface area contributed by atoms with Crippen molar-refractivity contribution in [3.8, 4) is 11.5 Å². The van der Waals surface area contributed by atoms with E-state index in [1.165, 1.54) is 12.1 Å². The number of hydrogen-bond acceptors (Lipinski definition) is 3. The van der Waals surface area contributed by atoms with E-state index in [9.17, 15) is 19.0 Å². The first kappa shape index (κ1) is 15.8. The van der Waals surface area contributed by atoms with E-state index in [4.69, 9.17) is 0 Å². The molecule has 0 aliphatic carbocycles. The van der Waals surface area contributed by atoms with Crippen LogP contribution in [0.1, 0.15) is 5.56 Å². The molecule has 0 saturated heterocycles. The van der Waals surface area contributed by atoms with Gasteiger partial charge in [-0.25, -0.2) is 8.78 Å². The second kappa shape index (κ2) is 6.58. The molecule has 5 heteroatoms. The summed E-state index contributed by atoms with van der Waals surface area (Å²) in [6.07, 6.45) is 0. The van der Waals surface area contributed by atoms with Gasteiger partial charge in [-0.05, 0) is 17.7 Å². The van der Waals surface area contributed by atoms with Crippen molar-refractivity contribution in [2.75, 3.05) is 4.90 Å². The summed E-state index contributed by atoms with van der Waals surface area (Å²) in [7, 11) is 0. The summed E-state index contributed by atoms with van der Waals surface area (Å²) in [6.45, 7) is 0.341. The number of anilines is 2. The van der Waals surface area contributed by atoms with Gasteiger partial charge in [0.2, 0.25) is 0 Å². The Labute approximate surface area is 138 Å². The van der Waals surface area contributed by atoms with E-state index in [1.54, 1.807) is 17.0 Å². The number of hydrogen-bond donors (Lipinski definition) is 2. The standard InChI is InChI=1S/C19H15F2NO2/c20-17-10-15(11-18(21)19(17)24)22(12-13-5-2-1-3-6-13)14-7-4-8-16(23)9-14/h1-11,23-24H,12H2. The molecular formula is C19H15F2NO2. The minimum Gasteiger partial charge on any atom is -0.508 e. The second-order valence-corrected chi connectivity index (χ2v) is 5.35. The third-order valence-corrected chi connectivity index (χ3v) is 3.64. The monoisotopic (exact) mass is 327 g/mol. The molecule has 0 saturated carbocycles. The van der Waals surface area contributed by atoms with E-state index in [-0.39, 0.29) is 11.4 Å². The summed E-state index contributed by atoms with van der Waals surface area (Å²) < 4.78 is 27.5. The normalized spacial score (nSPS) is 10.6. The molecule has 0 aliphatic heterocycles. The lowest BCUT2D eigenvalue weighted by atomic mass is 10.1. The molecule has 0 amide bonds. The summed E-state index contributed by atoms with van der Waals surface area (Å²) >= 11 is 0. The molecule has 0 atom stereocenters. The molecule has 0 spiro atoms. The van der Waals surface area contributed by atoms with Gasteiger partial charge < -0.3 is 15.1 Å². The number of nitrogens with zero attached hydrogens (tertiary/aromatic N) is 1. The zero-order chi connectivity index (χ0) is 17.1. The van der Waals surface area contributed by atoms with Crippen LogP contribution < -0.4 is 4.90 Å². The fraction of sp³-hybridized carbons (Fsp3) is 0.0526. The molecule has 2 N–H and O–H groups in total. The van der Waals surface area contributed by atoms with Gasteiger partial charge >= 0.3 is 0 Å². The molecule has 122 valence electrons. The van der Waals surface area contributed by atoms with E-state index in [0.717, 1.165) is 17.7 Å². The van der Waals surface area contributed by atoms with Gasteiger partial charge in [-0.1, -0.05) is 36.4 Å². The van der Waals surface area contributed by atoms with Gasteiger partial charge in [0, 0.05) is 36.1 Å². The molecule has 0 fully saturated rings. The van der Waals surface area contributed by atoms with Gasteiger partial charge in [0.05, 0.1) is 0 Å². The minimum absolute atomic E-state index is 0.0466. The molecular weight excluding hydrogens is 312 g/mol. The molecule has 3 nitrogen and oxygen atoms in total. The molecule has 3 rings (SSSR count). The van der Waals surface area contributed by atoms with Crippen molar-refractivity contribution in [2.24, 2.45) is 0 Å². The predicted octanol–water partition coefficient (Wildman–Crippen LogP) is 4.71. The van der Waals surface area contributed by atoms with Crippen LogP contribution in [0.3, 0.4) is 0 Å². The Kier molecular flexibility index (Phi) is 4.33. The van der Waals surface area contributed by atoms with Crippen molar-refractivity contribution in [3.05, 3.63) is 83.9 Å². The van der Waals surface area contributed by atoms with Gasteiger partial charge in [-0.15, -0.1) is 0 Å². The molecule has 24 heavy (non-hydrogen) atoms. The molecule has 0 aromatic heterocycles. The first-order valence-electron chi connectivity index (χ1n) is 7.33. The van der Waals surface area contributed by atoms with Crippen LogP contribution in [0.2, 0.25) is 0 Å². The van der Waals surface area contributed by atoms with Crippen molar-refractivity contribution in [2.45, 2.75) is 6.54 Å². The molecule has 3 aromatic carbocycles. The molecule has 0 radical (unpaired) electrons. The first-order chi connectivity index (χ1) is 11.5. The van der Waals surface area contributed by atoms with Crippen LogP contribution in [-0.2, 0) is 6.54 Å². The molecule has 3 aromatic rings. The molecule has 0 heterocycles. The predicted molar refractivity (Wildman–Crippen MR) is 88.4 cm³/mol. The number of benzene rings is 3. The number of rotatable bonds is 4. The Balaban J connectivity index is 2.08. The van der Waals surface area contributed by atoms with Crippen molar-refractivity contribution in [3.63, 3.8) is 0 Å². The van der Waals surface area contributed by atoms with Gasteiger partial charge in [0.15, 0.2) is 17.4 Å². The average Bonchev–Trinajstić information content (AvgIpc) is 2.58. The summed E-state index contributed by atoms with van der Waals surface area (Å²) in [4.78, 5) is 1.65. The highest BCUT2D eigenvalue weighted by Gasteiger charge is 2.16. The topological polar surface area (TPSA) is 43.7 Å². The smallest absolute Gasteiger partial charge is 0.187 e. The second-order valence-electron chi connectivity index (χ2n) is 5.35. The van der Waals surface area contributed by atoms with E-state index >= 15 is 0 Å². The lowest BCUT2D eigenvalue weighted by molar-refractivity contribution is 0.396. The molecule has 0 unspecified atom stereocenters. The Morgan fingerprint density at radius 1 is 0.750 bits per heavy atom. The van der Waals surface area contributed by atoms with Crippen LogP contribution in [0, 0.1) is 11.6 Å². The molecule has 0 aliphatic rings. The van der Waals surface area contributed by atoms with Crippen molar-refractivity contribution < 1.29 is 19.0 Å². The maximum Gasteiger partial charge on any atom is 0.187 e. The van der Waals surface area contributed by atoms with Crippen LogP contribution in [0.25, 0.3) is 0 Å². The third kappa shape index (κ3) is 3.30. The zero-order valence-corrected chi connectivity index (χ0v) is 12.7. The number of halogens is 2. The highest BCUT2D eigenvalue weighted by molar-refractivity contribution is 5.65. The fourth-order valence-electron chi connectivity index (χ4n) is 2.47. The third-order valence-electron chi connectivity index (χ3n) is 3.64. The van der Waals surface area contributed by atoms with Gasteiger partial charge in [-0.2, -0.15) is 0 Å². The van der Waals surface area contributed by atoms with Gasteiger partial charge in [0.1, 0.15) is 5.75 Å². The van der Waals surface area contributed by atoms with E-state index in [1.807, 2.05) is 30.3 Å². The van der Waals surface area contributed by atoms with Crippen molar-refractivity contribution in [1.29, 1.82) is 0 Å². The number of phenols is 2. The molecule has 0 bridgehead atoms. The number of phenolic OH excluding ortho intramolecular Hbond substituents is 2. The van der Waals surface area contributed by atoms with E-state index < -0.39 is 17.4 Å². The summed E-state index contributed by atoms with van der Waals surface area (Å²) in [5.74, 6) is -3.04. The Morgan fingerprint density at radius 3 is 2.04 bits per heavy atom. The van der Waals surface area contributed by atoms with Crippen LogP contribution in [0.15, 0.2) is 66.7 Å². The van der Waals surface area contributed by atoms with Crippen LogP contribution >= 0.6 is 0 Å². The van der Waals surface area contributed by atoms with Crippen LogP contribution in [-0.4, -0.2) is 10.2 Å².